The molecule has 0 fully saturated rings. The van der Waals surface area contributed by atoms with E-state index in [1.54, 1.807) is 18.2 Å². The molecule has 0 atom stereocenters. The second-order valence-electron chi connectivity index (χ2n) is 6.95. The molecule has 2 heterocycles. The number of hydrogen-bond donors (Lipinski definition) is 2. The molecule has 4 rings (SSSR count). The van der Waals surface area contributed by atoms with E-state index >= 15 is 0 Å². The van der Waals surface area contributed by atoms with Crippen LogP contribution in [0, 0.1) is 6.92 Å². The van der Waals surface area contributed by atoms with Crippen molar-refractivity contribution in [2.24, 2.45) is 5.10 Å². The maximum Gasteiger partial charge on any atom is 0.257 e. The van der Waals surface area contributed by atoms with Gasteiger partial charge < -0.3 is 4.42 Å². The molecule has 0 aliphatic carbocycles. The molecule has 2 N–H and O–H groups in total. The number of hydrazone groups is 1. The second kappa shape index (κ2) is 11.1. The molecule has 4 aromatic rings. The number of nitrogens with zero attached hydrogens (tertiary/aromatic N) is 3. The van der Waals surface area contributed by atoms with Crippen LogP contribution in [0.4, 0.5) is 5.13 Å². The Morgan fingerprint density at radius 1 is 1.12 bits per heavy atom. The van der Waals surface area contributed by atoms with Gasteiger partial charge in [0.2, 0.25) is 11.0 Å². The highest BCUT2D eigenvalue weighted by molar-refractivity contribution is 7.99. The van der Waals surface area contributed by atoms with Gasteiger partial charge in [0.05, 0.1) is 12.6 Å². The lowest BCUT2D eigenvalue weighted by molar-refractivity contribution is -0.120. The van der Waals surface area contributed by atoms with Crippen LogP contribution in [0.15, 0.2) is 80.2 Å². The topological polar surface area (TPSA) is 109 Å². The van der Waals surface area contributed by atoms with Crippen molar-refractivity contribution in [3.05, 3.63) is 87.6 Å². The van der Waals surface area contributed by atoms with Crippen molar-refractivity contribution in [3.63, 3.8) is 0 Å². The summed E-state index contributed by atoms with van der Waals surface area (Å²) in [6, 6.07) is 18.2. The Balaban J connectivity index is 1.25. The van der Waals surface area contributed by atoms with Gasteiger partial charge in [0.15, 0.2) is 5.09 Å². The van der Waals surface area contributed by atoms with Crippen molar-refractivity contribution in [1.82, 2.24) is 15.6 Å². The molecular weight excluding hydrogens is 494 g/mol. The smallest absolute Gasteiger partial charge is 0.257 e. The SMILES string of the molecule is Cc1ccccc1C(=O)Nc1nnc(CC(=O)NN=Cc2ccc(Sc3ccc(Cl)cc3)o2)s1. The zero-order chi connectivity index (χ0) is 23.9. The minimum Gasteiger partial charge on any atom is -0.448 e. The second-order valence-corrected chi connectivity index (χ2v) is 9.53. The molecule has 2 aromatic carbocycles. The highest BCUT2D eigenvalue weighted by atomic mass is 35.5. The van der Waals surface area contributed by atoms with Crippen LogP contribution in [0.2, 0.25) is 5.02 Å². The number of aryl methyl sites for hydroxylation is 1. The summed E-state index contributed by atoms with van der Waals surface area (Å²) in [6.45, 7) is 1.85. The summed E-state index contributed by atoms with van der Waals surface area (Å²) in [4.78, 5) is 25.5. The summed E-state index contributed by atoms with van der Waals surface area (Å²) < 4.78 is 5.67. The predicted octanol–water partition coefficient (Wildman–Crippen LogP) is 5.19. The fraction of sp³-hybridized carbons (Fsp3) is 0.0870. The molecule has 34 heavy (non-hydrogen) atoms. The molecule has 2 aromatic heterocycles. The minimum absolute atomic E-state index is 0.0228. The van der Waals surface area contributed by atoms with E-state index in [1.807, 2.05) is 49.4 Å². The Labute approximate surface area is 208 Å². The monoisotopic (exact) mass is 511 g/mol. The maximum atomic E-state index is 12.4. The third-order valence-electron chi connectivity index (χ3n) is 4.40. The largest absolute Gasteiger partial charge is 0.448 e. The van der Waals surface area contributed by atoms with Crippen LogP contribution < -0.4 is 10.7 Å². The number of amides is 2. The van der Waals surface area contributed by atoms with E-state index in [0.717, 1.165) is 21.8 Å². The molecule has 0 bridgehead atoms. The van der Waals surface area contributed by atoms with E-state index in [2.05, 4.69) is 26.0 Å². The van der Waals surface area contributed by atoms with Crippen LogP contribution in [0.1, 0.15) is 26.7 Å². The van der Waals surface area contributed by atoms with Gasteiger partial charge >= 0.3 is 0 Å². The number of hydrogen-bond acceptors (Lipinski definition) is 8. The highest BCUT2D eigenvalue weighted by Crippen LogP contribution is 2.29. The van der Waals surface area contributed by atoms with Gasteiger partial charge in [-0.15, -0.1) is 10.2 Å². The van der Waals surface area contributed by atoms with Gasteiger partial charge in [-0.3, -0.25) is 14.9 Å². The van der Waals surface area contributed by atoms with E-state index < -0.39 is 0 Å². The summed E-state index contributed by atoms with van der Waals surface area (Å²) in [7, 11) is 0. The van der Waals surface area contributed by atoms with Crippen LogP contribution in [-0.2, 0) is 11.2 Å². The van der Waals surface area contributed by atoms with Crippen molar-refractivity contribution in [3.8, 4) is 0 Å². The van der Waals surface area contributed by atoms with Gasteiger partial charge in [0.1, 0.15) is 10.8 Å². The lowest BCUT2D eigenvalue weighted by Gasteiger charge is -2.03. The number of nitrogens with one attached hydrogen (secondary N) is 2. The van der Waals surface area contributed by atoms with Gasteiger partial charge in [0.25, 0.3) is 5.91 Å². The molecule has 172 valence electrons. The van der Waals surface area contributed by atoms with Gasteiger partial charge in [-0.25, -0.2) is 5.43 Å². The fourth-order valence-corrected chi connectivity index (χ4v) is 4.43. The van der Waals surface area contributed by atoms with Gasteiger partial charge in [-0.2, -0.15) is 5.10 Å². The van der Waals surface area contributed by atoms with Crippen LogP contribution in [0.3, 0.4) is 0 Å². The number of aromatic nitrogens is 2. The van der Waals surface area contributed by atoms with Crippen molar-refractivity contribution < 1.29 is 14.0 Å². The molecule has 0 radical (unpaired) electrons. The Bertz CT molecular complexity index is 1330. The Hall–Kier alpha value is -3.47. The first-order chi connectivity index (χ1) is 16.5. The number of anilines is 1. The van der Waals surface area contributed by atoms with Crippen LogP contribution in [-0.4, -0.2) is 28.2 Å². The average Bonchev–Trinajstić information content (AvgIpc) is 3.45. The molecule has 11 heteroatoms. The maximum absolute atomic E-state index is 12.4. The van der Waals surface area contributed by atoms with Crippen molar-refractivity contribution in [1.29, 1.82) is 0 Å². The molecule has 8 nitrogen and oxygen atoms in total. The van der Waals surface area contributed by atoms with E-state index in [-0.39, 0.29) is 18.2 Å². The molecule has 0 aliphatic heterocycles. The minimum atomic E-state index is -0.369. The normalized spacial score (nSPS) is 11.0. The van der Waals surface area contributed by atoms with Crippen LogP contribution in [0.5, 0.6) is 0 Å². The molecule has 0 aliphatic rings. The van der Waals surface area contributed by atoms with Gasteiger partial charge in [-0.1, -0.05) is 52.9 Å². The summed E-state index contributed by atoms with van der Waals surface area (Å²) in [6.07, 6.45) is 1.39. The highest BCUT2D eigenvalue weighted by Gasteiger charge is 2.13. The van der Waals surface area contributed by atoms with Crippen LogP contribution >= 0.6 is 34.7 Å². The van der Waals surface area contributed by atoms with E-state index in [9.17, 15) is 9.59 Å². The van der Waals surface area contributed by atoms with Crippen LogP contribution in [0.25, 0.3) is 0 Å². The standard InChI is InChI=1S/C23H18ClN5O3S2/c1-14-4-2-3-5-18(14)22(31)26-23-29-28-20(34-23)12-19(30)27-25-13-16-8-11-21(32-16)33-17-9-6-15(24)7-10-17/h2-11,13H,12H2,1H3,(H,27,30)(H,26,29,31). The number of halogens is 1. The summed E-state index contributed by atoms with van der Waals surface area (Å²) >= 11 is 8.47. The average molecular weight is 512 g/mol. The molecule has 0 spiro atoms. The molecule has 2 amide bonds. The lowest BCUT2D eigenvalue weighted by atomic mass is 10.1. The van der Waals surface area contributed by atoms with Gasteiger partial charge in [0, 0.05) is 15.5 Å². The van der Waals surface area contributed by atoms with E-state index in [4.69, 9.17) is 16.0 Å². The lowest BCUT2D eigenvalue weighted by Crippen LogP contribution is -2.19. The Morgan fingerprint density at radius 3 is 2.71 bits per heavy atom. The number of furan rings is 1. The number of rotatable bonds is 8. The quantitative estimate of drug-likeness (QED) is 0.249. The van der Waals surface area contributed by atoms with Gasteiger partial charge in [-0.05, 0) is 55.0 Å². The number of carbonyl (C=O) groups is 2. The third-order valence-corrected chi connectivity index (χ3v) is 6.42. The Morgan fingerprint density at radius 2 is 1.91 bits per heavy atom. The van der Waals surface area contributed by atoms with E-state index in [0.29, 0.717) is 31.6 Å². The molecule has 0 unspecified atom stereocenters. The first kappa shape index (κ1) is 23.7. The number of benzene rings is 2. The van der Waals surface area contributed by atoms with Crippen molar-refractivity contribution in [2.45, 2.75) is 23.3 Å². The first-order valence-corrected chi connectivity index (χ1v) is 12.0. The first-order valence-electron chi connectivity index (χ1n) is 10.0. The molecule has 0 saturated heterocycles. The zero-order valence-corrected chi connectivity index (χ0v) is 20.2. The molecule has 0 saturated carbocycles. The van der Waals surface area contributed by atoms with E-state index in [1.165, 1.54) is 18.0 Å². The summed E-state index contributed by atoms with van der Waals surface area (Å²) in [5, 5.41) is 16.6. The zero-order valence-electron chi connectivity index (χ0n) is 17.8. The van der Waals surface area contributed by atoms with Crippen molar-refractivity contribution in [2.75, 3.05) is 5.32 Å². The third kappa shape index (κ3) is 6.53. The molecular formula is C23H18ClN5O3S2. The predicted molar refractivity (Wildman–Crippen MR) is 133 cm³/mol. The summed E-state index contributed by atoms with van der Waals surface area (Å²) in [5.41, 5.74) is 3.84. The van der Waals surface area contributed by atoms with Crippen molar-refractivity contribution >= 4 is 57.9 Å². The summed E-state index contributed by atoms with van der Waals surface area (Å²) in [5.74, 6) is -0.151. The number of carbonyl (C=O) groups excluding carboxylic acids is 2. The Kier molecular flexibility index (Phi) is 7.73. The fourth-order valence-electron chi connectivity index (χ4n) is 2.79.